The molecule has 0 saturated heterocycles. The van der Waals surface area contributed by atoms with Gasteiger partial charge in [0.25, 0.3) is 0 Å². The van der Waals surface area contributed by atoms with E-state index in [1.54, 1.807) is 0 Å². The number of hydrogen-bond donors (Lipinski definition) is 1. The molecule has 1 amide bonds. The Morgan fingerprint density at radius 3 is 2.93 bits per heavy atom. The number of hydrogen-bond acceptors (Lipinski definition) is 5. The molecule has 0 unspecified atom stereocenters. The second-order valence-electron chi connectivity index (χ2n) is 6.96. The van der Waals surface area contributed by atoms with E-state index >= 15 is 0 Å². The molecule has 2 aromatic carbocycles. The number of fused-ring (bicyclic) bond motifs is 4. The van der Waals surface area contributed by atoms with Crippen LogP contribution in [0.15, 0.2) is 36.4 Å². The van der Waals surface area contributed by atoms with Crippen molar-refractivity contribution in [3.8, 4) is 11.5 Å². The van der Waals surface area contributed by atoms with Crippen LogP contribution in [-0.4, -0.2) is 33.7 Å². The average Bonchev–Trinajstić information content (AvgIpc) is 3.23. The highest BCUT2D eigenvalue weighted by molar-refractivity contribution is 5.91. The molecular formula is C20H20N4O3. The van der Waals surface area contributed by atoms with Crippen molar-refractivity contribution in [3.05, 3.63) is 47.8 Å². The Morgan fingerprint density at radius 2 is 2.04 bits per heavy atom. The van der Waals surface area contributed by atoms with Crippen molar-refractivity contribution in [2.75, 3.05) is 18.7 Å². The van der Waals surface area contributed by atoms with Gasteiger partial charge in [0.15, 0.2) is 11.5 Å². The molecule has 0 radical (unpaired) electrons. The molecule has 3 heterocycles. The molecule has 7 nitrogen and oxygen atoms in total. The van der Waals surface area contributed by atoms with Crippen molar-refractivity contribution in [1.29, 1.82) is 0 Å². The summed E-state index contributed by atoms with van der Waals surface area (Å²) in [5.74, 6) is 2.61. The average molecular weight is 364 g/mol. The minimum Gasteiger partial charge on any atom is -0.454 e. The van der Waals surface area contributed by atoms with Crippen LogP contribution in [0.2, 0.25) is 0 Å². The number of amides is 1. The van der Waals surface area contributed by atoms with Gasteiger partial charge in [0.05, 0.1) is 17.6 Å². The number of carbonyl (C=O) groups excluding carboxylic acids is 1. The minimum atomic E-state index is -0.0757. The highest BCUT2D eigenvalue weighted by Gasteiger charge is 2.21. The van der Waals surface area contributed by atoms with Gasteiger partial charge in [-0.2, -0.15) is 0 Å². The third-order valence-electron chi connectivity index (χ3n) is 5.00. The Labute approximate surface area is 156 Å². The van der Waals surface area contributed by atoms with Crippen LogP contribution >= 0.6 is 0 Å². The number of aromatic nitrogens is 2. The van der Waals surface area contributed by atoms with E-state index in [9.17, 15) is 4.79 Å². The van der Waals surface area contributed by atoms with Crippen LogP contribution in [-0.2, 0) is 24.4 Å². The first-order valence-corrected chi connectivity index (χ1v) is 9.03. The SMILES string of the molecule is CC(=O)Nc1ccc2c(c1)nc1n2CCN(Cc2ccc3c(c2)OCO3)C1. The fourth-order valence-corrected chi connectivity index (χ4v) is 3.78. The molecule has 0 spiro atoms. The Balaban J connectivity index is 1.36. The standard InChI is InChI=1S/C20H20N4O3/c1-13(25)21-15-3-4-17-16(9-15)22-20-11-23(6-7-24(17)20)10-14-2-5-18-19(8-14)27-12-26-18/h2-5,8-9H,6-7,10-12H2,1H3,(H,21,25). The Hall–Kier alpha value is -3.06. The summed E-state index contributed by atoms with van der Waals surface area (Å²) in [5, 5.41) is 2.82. The molecule has 0 bridgehead atoms. The van der Waals surface area contributed by atoms with Crippen molar-refractivity contribution in [2.24, 2.45) is 0 Å². The number of carbonyl (C=O) groups is 1. The molecule has 0 aliphatic carbocycles. The zero-order valence-corrected chi connectivity index (χ0v) is 15.1. The van der Waals surface area contributed by atoms with Crippen molar-refractivity contribution in [2.45, 2.75) is 26.6 Å². The van der Waals surface area contributed by atoms with Gasteiger partial charge < -0.3 is 19.4 Å². The van der Waals surface area contributed by atoms with Crippen LogP contribution in [0.3, 0.4) is 0 Å². The lowest BCUT2D eigenvalue weighted by molar-refractivity contribution is -0.114. The summed E-state index contributed by atoms with van der Waals surface area (Å²) in [7, 11) is 0. The molecule has 1 N–H and O–H groups in total. The van der Waals surface area contributed by atoms with Gasteiger partial charge in [0.1, 0.15) is 5.82 Å². The predicted octanol–water partition coefficient (Wildman–Crippen LogP) is 2.74. The number of anilines is 1. The Bertz CT molecular complexity index is 1040. The topological polar surface area (TPSA) is 68.6 Å². The fourth-order valence-electron chi connectivity index (χ4n) is 3.78. The van der Waals surface area contributed by atoms with Crippen molar-refractivity contribution in [1.82, 2.24) is 14.5 Å². The molecule has 0 atom stereocenters. The van der Waals surface area contributed by atoms with E-state index in [4.69, 9.17) is 14.5 Å². The normalized spacial score (nSPS) is 15.7. The van der Waals surface area contributed by atoms with E-state index in [0.717, 1.165) is 60.2 Å². The Kier molecular flexibility index (Phi) is 3.75. The van der Waals surface area contributed by atoms with E-state index in [-0.39, 0.29) is 5.91 Å². The van der Waals surface area contributed by atoms with E-state index in [1.165, 1.54) is 12.5 Å². The van der Waals surface area contributed by atoms with E-state index in [1.807, 2.05) is 24.3 Å². The van der Waals surface area contributed by atoms with Crippen molar-refractivity contribution in [3.63, 3.8) is 0 Å². The summed E-state index contributed by atoms with van der Waals surface area (Å²) in [6, 6.07) is 12.0. The quantitative estimate of drug-likeness (QED) is 0.774. The summed E-state index contributed by atoms with van der Waals surface area (Å²) in [5.41, 5.74) is 4.02. The third kappa shape index (κ3) is 3.00. The van der Waals surface area contributed by atoms with Gasteiger partial charge in [0.2, 0.25) is 12.7 Å². The lowest BCUT2D eigenvalue weighted by atomic mass is 10.2. The maximum atomic E-state index is 11.3. The monoisotopic (exact) mass is 364 g/mol. The van der Waals surface area contributed by atoms with Crippen molar-refractivity contribution < 1.29 is 14.3 Å². The smallest absolute Gasteiger partial charge is 0.231 e. The second-order valence-corrected chi connectivity index (χ2v) is 6.96. The summed E-state index contributed by atoms with van der Waals surface area (Å²) in [6.45, 7) is 5.30. The number of benzene rings is 2. The van der Waals surface area contributed by atoms with Gasteiger partial charge in [-0.3, -0.25) is 9.69 Å². The van der Waals surface area contributed by atoms with Gasteiger partial charge >= 0.3 is 0 Å². The molecule has 3 aromatic rings. The maximum absolute atomic E-state index is 11.3. The number of ether oxygens (including phenoxy) is 2. The van der Waals surface area contributed by atoms with Gasteiger partial charge in [-0.25, -0.2) is 4.98 Å². The predicted molar refractivity (Wildman–Crippen MR) is 101 cm³/mol. The minimum absolute atomic E-state index is 0.0757. The van der Waals surface area contributed by atoms with Gasteiger partial charge in [-0.05, 0) is 35.9 Å². The van der Waals surface area contributed by atoms with E-state index in [2.05, 4.69) is 26.9 Å². The highest BCUT2D eigenvalue weighted by Crippen LogP contribution is 2.33. The highest BCUT2D eigenvalue weighted by atomic mass is 16.7. The van der Waals surface area contributed by atoms with Crippen LogP contribution in [0, 0.1) is 0 Å². The van der Waals surface area contributed by atoms with Crippen LogP contribution < -0.4 is 14.8 Å². The molecule has 7 heteroatoms. The molecule has 0 fully saturated rings. The first kappa shape index (κ1) is 16.1. The molecule has 2 aliphatic heterocycles. The summed E-state index contributed by atoms with van der Waals surface area (Å²) in [4.78, 5) is 18.4. The van der Waals surface area contributed by atoms with Crippen molar-refractivity contribution >= 4 is 22.6 Å². The van der Waals surface area contributed by atoms with Crippen LogP contribution in [0.4, 0.5) is 5.69 Å². The van der Waals surface area contributed by atoms with Crippen LogP contribution in [0.25, 0.3) is 11.0 Å². The third-order valence-corrected chi connectivity index (χ3v) is 5.00. The largest absolute Gasteiger partial charge is 0.454 e. The molecule has 27 heavy (non-hydrogen) atoms. The molecule has 1 aromatic heterocycles. The number of nitrogens with one attached hydrogen (secondary N) is 1. The zero-order chi connectivity index (χ0) is 18.4. The van der Waals surface area contributed by atoms with Gasteiger partial charge in [-0.15, -0.1) is 0 Å². The summed E-state index contributed by atoms with van der Waals surface area (Å²) < 4.78 is 13.1. The number of nitrogens with zero attached hydrogens (tertiary/aromatic N) is 3. The van der Waals surface area contributed by atoms with E-state index < -0.39 is 0 Å². The maximum Gasteiger partial charge on any atom is 0.231 e. The molecule has 2 aliphatic rings. The second kappa shape index (κ2) is 6.28. The molecular weight excluding hydrogens is 344 g/mol. The molecule has 5 rings (SSSR count). The zero-order valence-electron chi connectivity index (χ0n) is 15.1. The number of rotatable bonds is 3. The molecule has 0 saturated carbocycles. The fraction of sp³-hybridized carbons (Fsp3) is 0.300. The lowest BCUT2D eigenvalue weighted by Crippen LogP contribution is -2.33. The summed E-state index contributed by atoms with van der Waals surface area (Å²) in [6.07, 6.45) is 0. The van der Waals surface area contributed by atoms with E-state index in [0.29, 0.717) is 6.79 Å². The number of imidazole rings is 1. The Morgan fingerprint density at radius 1 is 1.15 bits per heavy atom. The van der Waals surface area contributed by atoms with Gasteiger partial charge in [-0.1, -0.05) is 6.07 Å². The first-order valence-electron chi connectivity index (χ1n) is 9.03. The summed E-state index contributed by atoms with van der Waals surface area (Å²) >= 11 is 0. The van der Waals surface area contributed by atoms with Gasteiger partial charge in [0, 0.05) is 32.2 Å². The lowest BCUT2D eigenvalue weighted by Gasteiger charge is -2.27. The first-order chi connectivity index (χ1) is 13.2. The van der Waals surface area contributed by atoms with Crippen LogP contribution in [0.5, 0.6) is 11.5 Å². The van der Waals surface area contributed by atoms with Crippen LogP contribution in [0.1, 0.15) is 18.3 Å². The molecule has 138 valence electrons.